The Morgan fingerprint density at radius 1 is 1.08 bits per heavy atom. The van der Waals surface area contributed by atoms with Crippen LogP contribution in [-0.4, -0.2) is 49.2 Å². The first-order valence-corrected chi connectivity index (χ1v) is 19.4. The van der Waals surface area contributed by atoms with Crippen LogP contribution in [0.3, 0.4) is 0 Å². The average molecular weight is 666 g/mol. The smallest absolute Gasteiger partial charge is 0.414 e. The summed E-state index contributed by atoms with van der Waals surface area (Å²) >= 11 is 0. The van der Waals surface area contributed by atoms with Crippen LogP contribution in [0, 0.1) is 22.7 Å². The third-order valence-electron chi connectivity index (χ3n) is 9.42. The van der Waals surface area contributed by atoms with E-state index in [2.05, 4.69) is 68.5 Å². The van der Waals surface area contributed by atoms with Crippen molar-refractivity contribution >= 4 is 31.7 Å². The Labute approximate surface area is 285 Å². The Kier molecular flexibility index (Phi) is 9.46. The van der Waals surface area contributed by atoms with Gasteiger partial charge in [0.1, 0.15) is 11.7 Å². The fraction of sp³-hybridized carbons (Fsp3) is 0.486. The van der Waals surface area contributed by atoms with Gasteiger partial charge in [0.05, 0.1) is 28.6 Å². The number of amides is 1. The lowest BCUT2D eigenvalue weighted by molar-refractivity contribution is 0.0575. The van der Waals surface area contributed by atoms with Crippen molar-refractivity contribution in [3.8, 4) is 23.4 Å². The zero-order valence-corrected chi connectivity index (χ0v) is 30.6. The van der Waals surface area contributed by atoms with Gasteiger partial charge in [-0.25, -0.2) is 14.8 Å². The van der Waals surface area contributed by atoms with Crippen LogP contribution in [-0.2, 0) is 21.1 Å². The van der Waals surface area contributed by atoms with Gasteiger partial charge in [0.15, 0.2) is 8.32 Å². The predicted octanol–water partition coefficient (Wildman–Crippen LogP) is 7.92. The second-order valence-corrected chi connectivity index (χ2v) is 20.5. The highest BCUT2D eigenvalue weighted by Gasteiger charge is 2.47. The molecule has 252 valence electrons. The number of carbonyl (C=O) groups excluding carboxylic acids is 1. The Bertz CT molecular complexity index is 1790. The summed E-state index contributed by atoms with van der Waals surface area (Å²) < 4.78 is 12.6. The molecule has 5 rings (SSSR count). The predicted molar refractivity (Wildman–Crippen MR) is 191 cm³/mol. The summed E-state index contributed by atoms with van der Waals surface area (Å²) in [6.45, 7) is 20.0. The number of nitrogens with one attached hydrogen (secondary N) is 2. The van der Waals surface area contributed by atoms with Crippen LogP contribution >= 0.6 is 0 Å². The lowest BCUT2D eigenvalue weighted by Crippen LogP contribution is -2.46. The molecule has 0 unspecified atom stereocenters. The van der Waals surface area contributed by atoms with E-state index < -0.39 is 25.4 Å². The van der Waals surface area contributed by atoms with Gasteiger partial charge in [-0.3, -0.25) is 4.90 Å². The number of hydrogen-bond donors (Lipinski definition) is 2. The first kappa shape index (κ1) is 35.0. The largest absolute Gasteiger partial charge is 0.443 e. The molecule has 48 heavy (non-hydrogen) atoms. The first-order chi connectivity index (χ1) is 22.4. The van der Waals surface area contributed by atoms with Gasteiger partial charge in [-0.2, -0.15) is 10.5 Å². The van der Waals surface area contributed by atoms with Crippen LogP contribution in [0.2, 0.25) is 18.1 Å². The molecule has 1 atom stereocenters. The summed E-state index contributed by atoms with van der Waals surface area (Å²) in [6.07, 6.45) is 3.52. The molecule has 10 nitrogen and oxygen atoms in total. The van der Waals surface area contributed by atoms with Gasteiger partial charge in [-0.05, 0) is 93.2 Å². The molecular weight excluding hydrogens is 619 g/mol. The Morgan fingerprint density at radius 3 is 2.44 bits per heavy atom. The number of ether oxygens (including phenoxy) is 1. The van der Waals surface area contributed by atoms with Crippen LogP contribution in [0.4, 0.5) is 22.1 Å². The average Bonchev–Trinajstić information content (AvgIpc) is 3.80. The second kappa shape index (κ2) is 13.0. The molecule has 2 N–H and O–H groups in total. The number of rotatable bonds is 9. The van der Waals surface area contributed by atoms with E-state index in [9.17, 15) is 15.3 Å². The maximum absolute atomic E-state index is 13.6. The monoisotopic (exact) mass is 665 g/mol. The maximum Gasteiger partial charge on any atom is 0.414 e. The van der Waals surface area contributed by atoms with Crippen molar-refractivity contribution in [3.05, 3.63) is 64.8 Å². The van der Waals surface area contributed by atoms with E-state index in [1.165, 1.54) is 12.8 Å². The third-order valence-corrected chi connectivity index (χ3v) is 13.9. The molecule has 1 amide bonds. The Balaban J connectivity index is 1.54. The molecule has 2 aromatic carbocycles. The number of nitrogens with zero attached hydrogens (tertiary/aromatic N) is 5. The number of carbonyl (C=O) groups is 1. The molecule has 0 bridgehead atoms. The lowest BCUT2D eigenvalue weighted by atomic mass is 9.83. The minimum absolute atomic E-state index is 0.000250. The molecule has 1 aliphatic heterocycles. The van der Waals surface area contributed by atoms with Crippen LogP contribution in [0.25, 0.3) is 11.3 Å². The highest BCUT2D eigenvalue weighted by atomic mass is 28.4. The number of nitriles is 2. The van der Waals surface area contributed by atoms with Gasteiger partial charge in [-0.1, -0.05) is 33.8 Å². The van der Waals surface area contributed by atoms with E-state index in [-0.39, 0.29) is 5.04 Å². The molecule has 0 spiro atoms. The molecule has 1 aromatic heterocycles. The van der Waals surface area contributed by atoms with Crippen molar-refractivity contribution in [2.45, 2.75) is 103 Å². The van der Waals surface area contributed by atoms with Gasteiger partial charge in [0, 0.05) is 48.6 Å². The lowest BCUT2D eigenvalue weighted by Gasteiger charge is -2.39. The quantitative estimate of drug-likeness (QED) is 0.218. The topological polar surface area (TPSA) is 136 Å². The van der Waals surface area contributed by atoms with Gasteiger partial charge in [-0.15, -0.1) is 0 Å². The molecular formula is C37H47N7O3Si. The number of hydrogen-bond acceptors (Lipinski definition) is 9. The summed E-state index contributed by atoms with van der Waals surface area (Å²) in [4.78, 5) is 24.5. The third kappa shape index (κ3) is 7.71. The Morgan fingerprint density at radius 2 is 1.81 bits per heavy atom. The zero-order valence-electron chi connectivity index (χ0n) is 29.6. The van der Waals surface area contributed by atoms with Crippen molar-refractivity contribution in [1.29, 1.82) is 10.5 Å². The highest BCUT2D eigenvalue weighted by Crippen LogP contribution is 2.47. The standard InChI is InChI=1S/C37H47N7O3Si/c1-35(2,3)47-34(45)44-22-37(7,23-46-48(8,9)36(4,5)6)29-18-26(17-27(20-39)32(29)44)30-14-15-40-33(42-30)43-31-16-24(19-38)10-11-25(31)21-41-28-12-13-28/h10-11,14-18,28,41H,12-13,21-23H2,1-9H3,(H,40,42,43)/t37-/m1/s1. The Hall–Kier alpha value is -4.29. The van der Waals surface area contributed by atoms with Gasteiger partial charge < -0.3 is 19.8 Å². The molecule has 3 aromatic rings. The summed E-state index contributed by atoms with van der Waals surface area (Å²) in [6, 6.07) is 16.2. The van der Waals surface area contributed by atoms with Crippen LogP contribution in [0.5, 0.6) is 0 Å². The summed E-state index contributed by atoms with van der Waals surface area (Å²) in [5.74, 6) is 0.369. The fourth-order valence-electron chi connectivity index (χ4n) is 5.44. The van der Waals surface area contributed by atoms with Gasteiger partial charge >= 0.3 is 6.09 Å². The first-order valence-electron chi connectivity index (χ1n) is 16.5. The molecule has 11 heteroatoms. The number of fused-ring (bicyclic) bond motifs is 1. The van der Waals surface area contributed by atoms with Gasteiger partial charge in [0.2, 0.25) is 5.95 Å². The second-order valence-electron chi connectivity index (χ2n) is 15.7. The van der Waals surface area contributed by atoms with Crippen molar-refractivity contribution in [1.82, 2.24) is 15.3 Å². The van der Waals surface area contributed by atoms with Gasteiger partial charge in [0.25, 0.3) is 0 Å². The van der Waals surface area contributed by atoms with E-state index in [1.54, 1.807) is 23.2 Å². The molecule has 1 fully saturated rings. The molecule has 1 saturated carbocycles. The van der Waals surface area contributed by atoms with Crippen LogP contribution in [0.1, 0.15) is 83.6 Å². The van der Waals surface area contributed by atoms with Crippen molar-refractivity contribution < 1.29 is 14.0 Å². The van der Waals surface area contributed by atoms with E-state index in [0.29, 0.717) is 54.2 Å². The highest BCUT2D eigenvalue weighted by molar-refractivity contribution is 6.74. The van der Waals surface area contributed by atoms with Crippen molar-refractivity contribution in [2.24, 2.45) is 0 Å². The molecule has 2 heterocycles. The van der Waals surface area contributed by atoms with E-state index in [1.807, 2.05) is 45.0 Å². The number of anilines is 3. The number of benzene rings is 2. The van der Waals surface area contributed by atoms with E-state index in [0.717, 1.165) is 22.4 Å². The molecule has 0 saturated heterocycles. The molecule has 0 radical (unpaired) electrons. The summed E-state index contributed by atoms with van der Waals surface area (Å²) in [5.41, 5.74) is 4.07. The van der Waals surface area contributed by atoms with Crippen LogP contribution in [0.15, 0.2) is 42.6 Å². The molecule has 2 aliphatic rings. The summed E-state index contributed by atoms with van der Waals surface area (Å²) in [5, 5.41) is 26.8. The minimum atomic E-state index is -2.15. The van der Waals surface area contributed by atoms with Crippen molar-refractivity contribution in [3.63, 3.8) is 0 Å². The summed E-state index contributed by atoms with van der Waals surface area (Å²) in [7, 11) is -2.15. The SMILES string of the molecule is CC(C)(C)OC(=O)N1C[C@](C)(CO[Si](C)(C)C(C)(C)C)c2cc(-c3ccnc(Nc4cc(C#N)ccc4CNC4CC4)n3)cc(C#N)c21. The normalized spacial score (nSPS) is 17.8. The maximum atomic E-state index is 13.6. The number of aromatic nitrogens is 2. The van der Waals surface area contributed by atoms with Crippen LogP contribution < -0.4 is 15.5 Å². The van der Waals surface area contributed by atoms with E-state index >= 15 is 0 Å². The zero-order chi connectivity index (χ0) is 35.1. The molecule has 1 aliphatic carbocycles. The minimum Gasteiger partial charge on any atom is -0.443 e. The van der Waals surface area contributed by atoms with Crippen molar-refractivity contribution in [2.75, 3.05) is 23.4 Å². The fourth-order valence-corrected chi connectivity index (χ4v) is 6.55. The van der Waals surface area contributed by atoms with E-state index in [4.69, 9.17) is 14.1 Å².